The fraction of sp³-hybridized carbons (Fsp3) is 0.364. The fourth-order valence-corrected chi connectivity index (χ4v) is 3.51. The van der Waals surface area contributed by atoms with Gasteiger partial charge in [-0.2, -0.15) is 0 Å². The van der Waals surface area contributed by atoms with Crippen molar-refractivity contribution in [2.45, 2.75) is 52.2 Å². The molecule has 0 bridgehead atoms. The molecule has 28 heavy (non-hydrogen) atoms. The first-order valence-electron chi connectivity index (χ1n) is 9.40. The number of nitrogens with one attached hydrogen (secondary N) is 1. The number of hydrogen-bond acceptors (Lipinski definition) is 2. The Bertz CT molecular complexity index is 789. The van der Waals surface area contributed by atoms with Crippen LogP contribution in [0.5, 0.6) is 0 Å². The Kier molecular flexibility index (Phi) is 8.34. The van der Waals surface area contributed by atoms with E-state index < -0.39 is 6.04 Å². The van der Waals surface area contributed by atoms with Crippen LogP contribution in [0.4, 0.5) is 0 Å². The van der Waals surface area contributed by atoms with Crippen molar-refractivity contribution in [3.63, 3.8) is 0 Å². The summed E-state index contributed by atoms with van der Waals surface area (Å²) in [5, 5.41) is 3.89. The molecule has 0 saturated heterocycles. The van der Waals surface area contributed by atoms with E-state index in [1.807, 2.05) is 44.2 Å². The molecule has 150 valence electrons. The summed E-state index contributed by atoms with van der Waals surface area (Å²) in [5.74, 6) is -0.320. The Balaban J connectivity index is 2.42. The molecule has 0 aliphatic carbocycles. The Morgan fingerprint density at radius 2 is 1.61 bits per heavy atom. The van der Waals surface area contributed by atoms with Crippen LogP contribution in [0.2, 0.25) is 10.0 Å². The quantitative estimate of drug-likeness (QED) is 0.661. The lowest BCUT2D eigenvalue weighted by atomic mass is 10.0. The lowest BCUT2D eigenvalue weighted by Crippen LogP contribution is -2.51. The van der Waals surface area contributed by atoms with E-state index in [9.17, 15) is 9.59 Å². The standard InChI is InChI=1S/C22H26Cl2N2O2/c1-4-21(27)26(14-17-18(23)11-8-12-19(17)24)20(22(28)25-15(2)3)13-16-9-6-5-7-10-16/h5-12,15,20H,4,13-14H2,1-3H3,(H,25,28)/t20-/m1/s1. The smallest absolute Gasteiger partial charge is 0.243 e. The van der Waals surface area contributed by atoms with Crippen LogP contribution in [0, 0.1) is 0 Å². The van der Waals surface area contributed by atoms with Crippen molar-refractivity contribution in [2.24, 2.45) is 0 Å². The lowest BCUT2D eigenvalue weighted by Gasteiger charge is -2.32. The van der Waals surface area contributed by atoms with Crippen LogP contribution in [0.25, 0.3) is 0 Å². The van der Waals surface area contributed by atoms with E-state index >= 15 is 0 Å². The summed E-state index contributed by atoms with van der Waals surface area (Å²) in [4.78, 5) is 27.4. The molecule has 0 heterocycles. The van der Waals surface area contributed by atoms with Gasteiger partial charge in [-0.25, -0.2) is 0 Å². The predicted molar refractivity (Wildman–Crippen MR) is 115 cm³/mol. The number of nitrogens with zero attached hydrogens (tertiary/aromatic N) is 1. The van der Waals surface area contributed by atoms with Gasteiger partial charge in [0, 0.05) is 41.0 Å². The maximum absolute atomic E-state index is 13.0. The number of amides is 2. The largest absolute Gasteiger partial charge is 0.352 e. The average Bonchev–Trinajstić information content (AvgIpc) is 2.66. The Labute approximate surface area is 176 Å². The highest BCUT2D eigenvalue weighted by atomic mass is 35.5. The highest BCUT2D eigenvalue weighted by molar-refractivity contribution is 6.36. The van der Waals surface area contributed by atoms with E-state index in [1.54, 1.807) is 30.0 Å². The van der Waals surface area contributed by atoms with Crippen LogP contribution < -0.4 is 5.32 Å². The van der Waals surface area contributed by atoms with Gasteiger partial charge in [-0.15, -0.1) is 0 Å². The summed E-state index contributed by atoms with van der Waals surface area (Å²) in [7, 11) is 0. The van der Waals surface area contributed by atoms with E-state index in [0.717, 1.165) is 5.56 Å². The molecular weight excluding hydrogens is 395 g/mol. The topological polar surface area (TPSA) is 49.4 Å². The molecule has 2 aromatic rings. The molecule has 4 nitrogen and oxygen atoms in total. The molecule has 0 saturated carbocycles. The van der Waals surface area contributed by atoms with Crippen LogP contribution in [0.1, 0.15) is 38.3 Å². The Morgan fingerprint density at radius 1 is 1.00 bits per heavy atom. The number of rotatable bonds is 8. The molecule has 0 aromatic heterocycles. The highest BCUT2D eigenvalue weighted by Gasteiger charge is 2.30. The van der Waals surface area contributed by atoms with Gasteiger partial charge in [-0.05, 0) is 31.5 Å². The highest BCUT2D eigenvalue weighted by Crippen LogP contribution is 2.27. The van der Waals surface area contributed by atoms with Crippen molar-refractivity contribution >= 4 is 35.0 Å². The monoisotopic (exact) mass is 420 g/mol. The van der Waals surface area contributed by atoms with E-state index in [2.05, 4.69) is 5.32 Å². The van der Waals surface area contributed by atoms with Gasteiger partial charge in [0.15, 0.2) is 0 Å². The second kappa shape index (κ2) is 10.5. The molecule has 2 aromatic carbocycles. The molecular formula is C22H26Cl2N2O2. The summed E-state index contributed by atoms with van der Waals surface area (Å²) >= 11 is 12.7. The molecule has 2 rings (SSSR count). The summed E-state index contributed by atoms with van der Waals surface area (Å²) in [6.45, 7) is 5.75. The zero-order valence-corrected chi connectivity index (χ0v) is 17.9. The van der Waals surface area contributed by atoms with Crippen molar-refractivity contribution < 1.29 is 9.59 Å². The van der Waals surface area contributed by atoms with E-state index in [-0.39, 0.29) is 30.8 Å². The minimum absolute atomic E-state index is 0.0340. The van der Waals surface area contributed by atoms with Gasteiger partial charge in [0.05, 0.1) is 0 Å². The molecule has 0 spiro atoms. The van der Waals surface area contributed by atoms with Crippen molar-refractivity contribution in [3.05, 3.63) is 69.7 Å². The minimum atomic E-state index is -0.662. The van der Waals surface area contributed by atoms with Crippen LogP contribution in [0.15, 0.2) is 48.5 Å². The van der Waals surface area contributed by atoms with Gasteiger partial charge in [-0.3, -0.25) is 9.59 Å². The number of carbonyl (C=O) groups is 2. The third-order valence-corrected chi connectivity index (χ3v) is 5.10. The van der Waals surface area contributed by atoms with Gasteiger partial charge in [0.1, 0.15) is 6.04 Å². The summed E-state index contributed by atoms with van der Waals surface area (Å²) in [6.07, 6.45) is 0.690. The molecule has 6 heteroatoms. The Morgan fingerprint density at radius 3 is 2.14 bits per heavy atom. The molecule has 1 atom stereocenters. The number of benzene rings is 2. The van der Waals surface area contributed by atoms with Gasteiger partial charge in [-0.1, -0.05) is 66.5 Å². The zero-order chi connectivity index (χ0) is 20.7. The van der Waals surface area contributed by atoms with Crippen molar-refractivity contribution in [1.82, 2.24) is 10.2 Å². The molecule has 0 radical (unpaired) electrons. The van der Waals surface area contributed by atoms with Gasteiger partial charge in [0.25, 0.3) is 0 Å². The van der Waals surface area contributed by atoms with Crippen molar-refractivity contribution in [3.8, 4) is 0 Å². The van der Waals surface area contributed by atoms with Crippen LogP contribution >= 0.6 is 23.2 Å². The van der Waals surface area contributed by atoms with Crippen LogP contribution in [0.3, 0.4) is 0 Å². The van der Waals surface area contributed by atoms with Crippen LogP contribution in [-0.4, -0.2) is 28.8 Å². The van der Waals surface area contributed by atoms with Crippen LogP contribution in [-0.2, 0) is 22.6 Å². The molecule has 0 fully saturated rings. The minimum Gasteiger partial charge on any atom is -0.352 e. The van der Waals surface area contributed by atoms with E-state index in [0.29, 0.717) is 22.0 Å². The number of carbonyl (C=O) groups excluding carboxylic acids is 2. The van der Waals surface area contributed by atoms with E-state index in [1.165, 1.54) is 0 Å². The van der Waals surface area contributed by atoms with Gasteiger partial charge < -0.3 is 10.2 Å². The normalized spacial score (nSPS) is 11.9. The maximum Gasteiger partial charge on any atom is 0.243 e. The van der Waals surface area contributed by atoms with Gasteiger partial charge >= 0.3 is 0 Å². The van der Waals surface area contributed by atoms with Crippen molar-refractivity contribution in [1.29, 1.82) is 0 Å². The third kappa shape index (κ3) is 5.98. The number of halogens is 2. The van der Waals surface area contributed by atoms with Crippen molar-refractivity contribution in [2.75, 3.05) is 0 Å². The molecule has 0 aliphatic rings. The second-order valence-corrected chi connectivity index (χ2v) is 7.76. The fourth-order valence-electron chi connectivity index (χ4n) is 2.99. The van der Waals surface area contributed by atoms with Gasteiger partial charge in [0.2, 0.25) is 11.8 Å². The predicted octanol–water partition coefficient (Wildman–Crippen LogP) is 4.87. The Hall–Kier alpha value is -2.04. The first-order valence-corrected chi connectivity index (χ1v) is 10.2. The maximum atomic E-state index is 13.0. The molecule has 0 aliphatic heterocycles. The first kappa shape index (κ1) is 22.3. The SMILES string of the molecule is CCC(=O)N(Cc1c(Cl)cccc1Cl)[C@H](Cc1ccccc1)C(=O)NC(C)C. The average molecular weight is 421 g/mol. The summed E-state index contributed by atoms with van der Waals surface area (Å²) in [6, 6.07) is 14.2. The summed E-state index contributed by atoms with van der Waals surface area (Å²) in [5.41, 5.74) is 1.62. The summed E-state index contributed by atoms with van der Waals surface area (Å²) < 4.78 is 0. The molecule has 1 N–H and O–H groups in total. The second-order valence-electron chi connectivity index (χ2n) is 6.94. The molecule has 2 amide bonds. The number of hydrogen-bond donors (Lipinski definition) is 1. The molecule has 0 unspecified atom stereocenters. The first-order chi connectivity index (χ1) is 13.3. The zero-order valence-electron chi connectivity index (χ0n) is 16.4. The van der Waals surface area contributed by atoms with E-state index in [4.69, 9.17) is 23.2 Å². The third-order valence-electron chi connectivity index (χ3n) is 4.39. The lowest BCUT2D eigenvalue weighted by molar-refractivity contribution is -0.141.